The van der Waals surface area contributed by atoms with Gasteiger partial charge in [-0.1, -0.05) is 22.0 Å². The Hall–Kier alpha value is -0.830. The highest BCUT2D eigenvalue weighted by molar-refractivity contribution is 14.0. The summed E-state index contributed by atoms with van der Waals surface area (Å²) in [5, 5.41) is 9.46. The lowest BCUT2D eigenvalue weighted by molar-refractivity contribution is 0.0953. The normalized spacial score (nSPS) is 11.5. The van der Waals surface area contributed by atoms with Gasteiger partial charge in [0.1, 0.15) is 0 Å². The van der Waals surface area contributed by atoms with Crippen LogP contribution in [0.3, 0.4) is 0 Å². The number of hydrogen-bond donors (Lipinski definition) is 3. The number of halogens is 2. The highest BCUT2D eigenvalue weighted by Crippen LogP contribution is 2.11. The standard InChI is InChI=1S/C17H27BrN4O.HI/c1-5-19-16(22-17(2,3)4)21-11-7-10-20-15(23)13-8-6-9-14(18)12-13;/h6,8-9,12H,5,7,10-11H2,1-4H3,(H,20,23)(H2,19,21,22);1H. The summed E-state index contributed by atoms with van der Waals surface area (Å²) in [7, 11) is 0. The SMILES string of the molecule is CCNC(=NCCCNC(=O)c1cccc(Br)c1)NC(C)(C)C.I. The van der Waals surface area contributed by atoms with E-state index in [1.165, 1.54) is 0 Å². The molecule has 7 heteroatoms. The molecule has 136 valence electrons. The van der Waals surface area contributed by atoms with Crippen LogP contribution in [0, 0.1) is 0 Å². The summed E-state index contributed by atoms with van der Waals surface area (Å²) in [6, 6.07) is 7.36. The van der Waals surface area contributed by atoms with E-state index >= 15 is 0 Å². The van der Waals surface area contributed by atoms with Crippen LogP contribution < -0.4 is 16.0 Å². The number of nitrogens with one attached hydrogen (secondary N) is 3. The van der Waals surface area contributed by atoms with Crippen LogP contribution >= 0.6 is 39.9 Å². The summed E-state index contributed by atoms with van der Waals surface area (Å²) >= 11 is 3.37. The third kappa shape index (κ3) is 10.1. The van der Waals surface area contributed by atoms with Gasteiger partial charge in [-0.15, -0.1) is 24.0 Å². The lowest BCUT2D eigenvalue weighted by Gasteiger charge is -2.23. The molecule has 0 atom stereocenters. The Morgan fingerprint density at radius 2 is 1.96 bits per heavy atom. The smallest absolute Gasteiger partial charge is 0.251 e. The van der Waals surface area contributed by atoms with E-state index in [2.05, 4.69) is 57.6 Å². The maximum Gasteiger partial charge on any atom is 0.251 e. The van der Waals surface area contributed by atoms with Gasteiger partial charge in [-0.05, 0) is 52.3 Å². The zero-order valence-electron chi connectivity index (χ0n) is 14.8. The molecule has 0 saturated carbocycles. The zero-order valence-corrected chi connectivity index (χ0v) is 18.7. The quantitative estimate of drug-likeness (QED) is 0.237. The predicted octanol–water partition coefficient (Wildman–Crippen LogP) is 3.54. The van der Waals surface area contributed by atoms with E-state index in [0.29, 0.717) is 18.7 Å². The molecule has 0 heterocycles. The van der Waals surface area contributed by atoms with Crippen LogP contribution in [0.5, 0.6) is 0 Å². The van der Waals surface area contributed by atoms with Crippen LogP contribution in [0.2, 0.25) is 0 Å². The lowest BCUT2D eigenvalue weighted by atomic mass is 10.1. The van der Waals surface area contributed by atoms with Gasteiger partial charge in [0.25, 0.3) is 5.91 Å². The van der Waals surface area contributed by atoms with E-state index in [1.54, 1.807) is 6.07 Å². The Balaban J connectivity index is 0.00000529. The Kier molecular flexibility index (Phi) is 11.3. The Morgan fingerprint density at radius 1 is 1.25 bits per heavy atom. The van der Waals surface area contributed by atoms with Crippen molar-refractivity contribution in [2.24, 2.45) is 4.99 Å². The van der Waals surface area contributed by atoms with Crippen LogP contribution in [0.25, 0.3) is 0 Å². The molecule has 1 aromatic rings. The van der Waals surface area contributed by atoms with Crippen molar-refractivity contribution >= 4 is 51.8 Å². The molecule has 0 aliphatic heterocycles. The highest BCUT2D eigenvalue weighted by Gasteiger charge is 2.11. The molecule has 24 heavy (non-hydrogen) atoms. The number of rotatable bonds is 6. The van der Waals surface area contributed by atoms with E-state index < -0.39 is 0 Å². The molecule has 0 unspecified atom stereocenters. The second-order valence-electron chi connectivity index (χ2n) is 6.26. The summed E-state index contributed by atoms with van der Waals surface area (Å²) in [4.78, 5) is 16.5. The molecule has 0 radical (unpaired) electrons. The summed E-state index contributed by atoms with van der Waals surface area (Å²) in [5.74, 6) is 0.744. The maximum absolute atomic E-state index is 12.0. The summed E-state index contributed by atoms with van der Waals surface area (Å²) in [6.45, 7) is 10.4. The van der Waals surface area contributed by atoms with Crippen LogP contribution in [-0.2, 0) is 0 Å². The molecule has 1 rings (SSSR count). The number of aliphatic imine (C=N–C) groups is 1. The van der Waals surface area contributed by atoms with Crippen LogP contribution in [0.4, 0.5) is 0 Å². The fourth-order valence-electron chi connectivity index (χ4n) is 1.87. The van der Waals surface area contributed by atoms with Crippen molar-refractivity contribution in [1.82, 2.24) is 16.0 Å². The second-order valence-corrected chi connectivity index (χ2v) is 7.17. The number of nitrogens with zero attached hydrogens (tertiary/aromatic N) is 1. The molecule has 0 fully saturated rings. The van der Waals surface area contributed by atoms with Gasteiger partial charge in [0.15, 0.2) is 5.96 Å². The third-order valence-electron chi connectivity index (χ3n) is 2.81. The van der Waals surface area contributed by atoms with Gasteiger partial charge in [-0.2, -0.15) is 0 Å². The van der Waals surface area contributed by atoms with E-state index in [9.17, 15) is 4.79 Å². The number of guanidine groups is 1. The number of hydrogen-bond acceptors (Lipinski definition) is 2. The van der Waals surface area contributed by atoms with Crippen molar-refractivity contribution in [3.8, 4) is 0 Å². The lowest BCUT2D eigenvalue weighted by Crippen LogP contribution is -2.47. The molecule has 0 aliphatic rings. The number of benzene rings is 1. The monoisotopic (exact) mass is 510 g/mol. The van der Waals surface area contributed by atoms with Gasteiger partial charge in [-0.25, -0.2) is 0 Å². The number of carbonyl (C=O) groups is 1. The first-order valence-electron chi connectivity index (χ1n) is 7.92. The van der Waals surface area contributed by atoms with Gasteiger partial charge >= 0.3 is 0 Å². The van der Waals surface area contributed by atoms with Gasteiger partial charge in [0.2, 0.25) is 0 Å². The molecule has 1 aromatic carbocycles. The van der Waals surface area contributed by atoms with E-state index in [1.807, 2.05) is 25.1 Å². The third-order valence-corrected chi connectivity index (χ3v) is 3.31. The van der Waals surface area contributed by atoms with Crippen molar-refractivity contribution in [3.05, 3.63) is 34.3 Å². The number of amides is 1. The Bertz CT molecular complexity index is 544. The molecule has 0 aromatic heterocycles. The van der Waals surface area contributed by atoms with Gasteiger partial charge in [0.05, 0.1) is 0 Å². The molecule has 0 saturated heterocycles. The molecule has 5 nitrogen and oxygen atoms in total. The topological polar surface area (TPSA) is 65.5 Å². The average molecular weight is 511 g/mol. The molecule has 0 bridgehead atoms. The molecule has 0 aliphatic carbocycles. The Labute approximate surface area is 170 Å². The van der Waals surface area contributed by atoms with Crippen molar-refractivity contribution < 1.29 is 4.79 Å². The fraction of sp³-hybridized carbons (Fsp3) is 0.529. The van der Waals surface area contributed by atoms with E-state index in [0.717, 1.165) is 23.4 Å². The minimum atomic E-state index is -0.0602. The minimum absolute atomic E-state index is 0. The summed E-state index contributed by atoms with van der Waals surface area (Å²) in [5.41, 5.74) is 0.626. The molecular formula is C17H28BrIN4O. The number of carbonyl (C=O) groups excluding carboxylic acids is 1. The largest absolute Gasteiger partial charge is 0.357 e. The summed E-state index contributed by atoms with van der Waals surface area (Å²) < 4.78 is 0.901. The van der Waals surface area contributed by atoms with Crippen molar-refractivity contribution in [1.29, 1.82) is 0 Å². The van der Waals surface area contributed by atoms with Crippen LogP contribution in [0.15, 0.2) is 33.7 Å². The van der Waals surface area contributed by atoms with Crippen molar-refractivity contribution in [2.75, 3.05) is 19.6 Å². The maximum atomic E-state index is 12.0. The van der Waals surface area contributed by atoms with E-state index in [-0.39, 0.29) is 35.4 Å². The van der Waals surface area contributed by atoms with Crippen molar-refractivity contribution in [2.45, 2.75) is 39.7 Å². The van der Waals surface area contributed by atoms with Crippen molar-refractivity contribution in [3.63, 3.8) is 0 Å². The zero-order chi connectivity index (χ0) is 17.3. The molecule has 1 amide bonds. The predicted molar refractivity (Wildman–Crippen MR) is 115 cm³/mol. The fourth-order valence-corrected chi connectivity index (χ4v) is 2.27. The van der Waals surface area contributed by atoms with Gasteiger partial charge in [0, 0.05) is 35.2 Å². The summed E-state index contributed by atoms with van der Waals surface area (Å²) in [6.07, 6.45) is 0.792. The van der Waals surface area contributed by atoms with Gasteiger partial charge in [-0.3, -0.25) is 9.79 Å². The van der Waals surface area contributed by atoms with Crippen LogP contribution in [0.1, 0.15) is 44.5 Å². The second kappa shape index (κ2) is 11.7. The van der Waals surface area contributed by atoms with Gasteiger partial charge < -0.3 is 16.0 Å². The Morgan fingerprint density at radius 3 is 2.54 bits per heavy atom. The molecular weight excluding hydrogens is 483 g/mol. The first kappa shape index (κ1) is 23.2. The van der Waals surface area contributed by atoms with Crippen LogP contribution in [-0.4, -0.2) is 37.0 Å². The average Bonchev–Trinajstić information content (AvgIpc) is 2.45. The molecule has 0 spiro atoms. The van der Waals surface area contributed by atoms with E-state index in [4.69, 9.17) is 0 Å². The highest BCUT2D eigenvalue weighted by atomic mass is 127. The molecule has 3 N–H and O–H groups in total. The first-order chi connectivity index (χ1) is 10.8. The first-order valence-corrected chi connectivity index (χ1v) is 8.71. The minimum Gasteiger partial charge on any atom is -0.357 e.